The van der Waals surface area contributed by atoms with Crippen molar-refractivity contribution in [2.24, 2.45) is 0 Å². The number of aromatic amines is 2. The maximum atomic E-state index is 6.43. The molecule has 0 fully saturated rings. The van der Waals surface area contributed by atoms with E-state index in [-0.39, 0.29) is 13.6 Å². The van der Waals surface area contributed by atoms with Gasteiger partial charge in [0.1, 0.15) is 34.1 Å². The second-order valence-electron chi connectivity index (χ2n) is 36.7. The third-order valence-electron chi connectivity index (χ3n) is 26.1. The summed E-state index contributed by atoms with van der Waals surface area (Å²) in [6.07, 6.45) is 78.7. The van der Waals surface area contributed by atoms with Crippen LogP contribution in [0.1, 0.15) is 423 Å². The second kappa shape index (κ2) is 66.0. The number of nitrogens with zero attached hydrogens (tertiary/aromatic N) is 6. The van der Waals surface area contributed by atoms with Crippen LogP contribution in [0.15, 0.2) is 60.7 Å². The van der Waals surface area contributed by atoms with Crippen molar-refractivity contribution in [3.63, 3.8) is 0 Å². The van der Waals surface area contributed by atoms with Crippen LogP contribution in [-0.2, 0) is 54.1 Å². The lowest BCUT2D eigenvalue weighted by Crippen LogP contribution is -2.11. The molecule has 2 N–H and O–H groups in total. The Hall–Kier alpha value is -6.40. The maximum absolute atomic E-state index is 6.43. The molecule has 0 saturated carbocycles. The highest BCUT2D eigenvalue weighted by Crippen LogP contribution is 2.41. The molecule has 0 aliphatic carbocycles. The molecule has 2 aliphatic rings. The summed E-state index contributed by atoms with van der Waals surface area (Å²) in [5.41, 5.74) is 11.8. The van der Waals surface area contributed by atoms with Gasteiger partial charge < -0.3 is 47.9 Å². The van der Waals surface area contributed by atoms with E-state index >= 15 is 0 Å². The summed E-state index contributed by atoms with van der Waals surface area (Å²) in [4.78, 5) is 41.6. The van der Waals surface area contributed by atoms with E-state index in [0.717, 1.165) is 95.2 Å². The van der Waals surface area contributed by atoms with E-state index in [1.165, 1.54) is 356 Å². The molecule has 0 saturated heterocycles. The Labute approximate surface area is 763 Å². The predicted molar refractivity (Wildman–Crippen MR) is 530 cm³/mol. The van der Waals surface area contributed by atoms with Crippen LogP contribution in [0.5, 0.6) is 11.5 Å². The van der Waals surface area contributed by atoms with Crippen molar-refractivity contribution in [2.75, 3.05) is 79.7 Å². The number of ether oxygens (including phenoxy) is 8. The summed E-state index contributed by atoms with van der Waals surface area (Å²) in [5, 5.41) is 4.04. The van der Waals surface area contributed by atoms with Gasteiger partial charge in [-0.1, -0.05) is 362 Å². The summed E-state index contributed by atoms with van der Waals surface area (Å²) in [7, 11) is 0. The van der Waals surface area contributed by atoms with Gasteiger partial charge in [0.05, 0.1) is 52.9 Å². The minimum absolute atomic E-state index is 0.0542. The number of H-pyrrole nitrogens is 2. The molecule has 2 aliphatic heterocycles. The molecule has 0 radical (unpaired) electrons. The van der Waals surface area contributed by atoms with Crippen LogP contribution >= 0.6 is 0 Å². The number of hydrogen-bond acceptors (Lipinski definition) is 14. The summed E-state index contributed by atoms with van der Waals surface area (Å²) in [5.74, 6) is 3.50. The van der Waals surface area contributed by atoms with Gasteiger partial charge in [0.25, 0.3) is 0 Å². The van der Waals surface area contributed by atoms with Crippen molar-refractivity contribution in [1.29, 1.82) is 0 Å². The number of benzene rings is 4. The van der Waals surface area contributed by atoms with Crippen molar-refractivity contribution in [2.45, 2.75) is 427 Å². The van der Waals surface area contributed by atoms with Crippen LogP contribution in [0.3, 0.4) is 0 Å². The first-order valence-corrected chi connectivity index (χ1v) is 52.6. The molecule has 3 aromatic heterocycles. The topological polar surface area (TPSA) is 183 Å². The molecule has 702 valence electrons. The fourth-order valence-corrected chi connectivity index (χ4v) is 18.5. The SMILES string of the molecule is CCCCCCCCCCCCCCCCc1cc2c3nc4nc(nc5[nH]c(nc6nc(nc([nH]3)c2cc1CCCCCCCCCCCCCCCC)-c1cc(OCOCCOCCOCC)ccc1-6)c1cc(CCCCCCCCCCCCCCCC)c(CCCCCCCCCCCCCCCC)cc51)-c1cc(OCOCCOCCOCC)ccc1-4. The van der Waals surface area contributed by atoms with Crippen LogP contribution in [0.25, 0.3) is 89.7 Å². The van der Waals surface area contributed by atoms with E-state index < -0.39 is 0 Å². The highest BCUT2D eigenvalue weighted by atomic mass is 16.7. The molecule has 0 unspecified atom stereocenters. The van der Waals surface area contributed by atoms with E-state index in [2.05, 4.69) is 86.2 Å². The Balaban J connectivity index is 1.10. The first kappa shape index (κ1) is 103. The van der Waals surface area contributed by atoms with Crippen molar-refractivity contribution < 1.29 is 37.9 Å². The fraction of sp³-hybridized carbons (Fsp3) is 0.709. The lowest BCUT2D eigenvalue weighted by molar-refractivity contribution is -0.0259. The number of aromatic nitrogens is 8. The van der Waals surface area contributed by atoms with Gasteiger partial charge in [0.15, 0.2) is 36.9 Å². The number of rotatable bonds is 80. The molecule has 7 aromatic rings. The Kier molecular flexibility index (Phi) is 54.2. The van der Waals surface area contributed by atoms with E-state index in [9.17, 15) is 0 Å². The molecular formula is C110H174N8O8. The van der Waals surface area contributed by atoms with Gasteiger partial charge in [-0.25, -0.2) is 29.9 Å². The lowest BCUT2D eigenvalue weighted by atomic mass is 9.94. The molecular weight excluding hydrogens is 1560 g/mol. The number of fused-ring (bicyclic) bond motifs is 20. The highest BCUT2D eigenvalue weighted by Gasteiger charge is 2.26. The number of unbranched alkanes of at least 4 members (excludes halogenated alkanes) is 52. The zero-order chi connectivity index (χ0) is 88.0. The predicted octanol–water partition coefficient (Wildman–Crippen LogP) is 31.8. The monoisotopic (exact) mass is 1740 g/mol. The third kappa shape index (κ3) is 39.3. The molecule has 8 bridgehead atoms. The van der Waals surface area contributed by atoms with Gasteiger partial charge in [-0.05, 0) is 148 Å². The average molecular weight is 1740 g/mol. The zero-order valence-corrected chi connectivity index (χ0v) is 80.6. The number of hydrogen-bond donors (Lipinski definition) is 2. The van der Waals surface area contributed by atoms with Crippen molar-refractivity contribution in [3.05, 3.63) is 82.9 Å². The second-order valence-corrected chi connectivity index (χ2v) is 36.7. The largest absolute Gasteiger partial charge is 0.468 e. The Morgan fingerprint density at radius 2 is 0.413 bits per heavy atom. The molecule has 9 rings (SSSR count). The van der Waals surface area contributed by atoms with Gasteiger partial charge in [0, 0.05) is 57.0 Å². The first-order valence-electron chi connectivity index (χ1n) is 52.6. The molecule has 16 heteroatoms. The lowest BCUT2D eigenvalue weighted by Gasteiger charge is -2.11. The highest BCUT2D eigenvalue weighted by molar-refractivity contribution is 6.07. The summed E-state index contributed by atoms with van der Waals surface area (Å²) in [6, 6.07) is 22.1. The maximum Gasteiger partial charge on any atom is 0.189 e. The Bertz CT molecular complexity index is 3930. The number of nitrogens with one attached hydrogen (secondary N) is 2. The van der Waals surface area contributed by atoms with Gasteiger partial charge in [-0.3, -0.25) is 0 Å². The normalized spacial score (nSPS) is 12.0. The van der Waals surface area contributed by atoms with E-state index in [4.69, 9.17) is 67.8 Å². The van der Waals surface area contributed by atoms with Gasteiger partial charge in [0.2, 0.25) is 0 Å². The van der Waals surface area contributed by atoms with Gasteiger partial charge >= 0.3 is 0 Å². The Morgan fingerprint density at radius 1 is 0.206 bits per heavy atom. The van der Waals surface area contributed by atoms with Crippen molar-refractivity contribution in [3.8, 4) is 57.1 Å². The van der Waals surface area contributed by atoms with Crippen molar-refractivity contribution >= 4 is 44.1 Å². The molecule has 0 atom stereocenters. The molecule has 16 nitrogen and oxygen atoms in total. The summed E-state index contributed by atoms with van der Waals surface area (Å²) >= 11 is 0. The zero-order valence-electron chi connectivity index (χ0n) is 80.6. The fourth-order valence-electron chi connectivity index (χ4n) is 18.5. The molecule has 5 heterocycles. The van der Waals surface area contributed by atoms with Crippen molar-refractivity contribution in [1.82, 2.24) is 39.9 Å². The van der Waals surface area contributed by atoms with Crippen LogP contribution in [-0.4, -0.2) is 120 Å². The minimum atomic E-state index is 0.0542. The van der Waals surface area contributed by atoms with Crippen LogP contribution in [0.4, 0.5) is 0 Å². The smallest absolute Gasteiger partial charge is 0.189 e. The van der Waals surface area contributed by atoms with E-state index in [0.29, 0.717) is 123 Å². The summed E-state index contributed by atoms with van der Waals surface area (Å²) in [6.45, 7) is 18.5. The van der Waals surface area contributed by atoms with E-state index in [1.807, 2.05) is 26.0 Å². The quantitative estimate of drug-likeness (QED) is 0.0271. The number of aryl methyl sites for hydroxylation is 4. The molecule has 126 heavy (non-hydrogen) atoms. The first-order chi connectivity index (χ1) is 62.4. The average Bonchev–Trinajstić information content (AvgIpc) is 1.59. The minimum Gasteiger partial charge on any atom is -0.468 e. The van der Waals surface area contributed by atoms with Gasteiger partial charge in [-0.15, -0.1) is 0 Å². The summed E-state index contributed by atoms with van der Waals surface area (Å²) < 4.78 is 47.4. The van der Waals surface area contributed by atoms with Crippen LogP contribution in [0, 0.1) is 0 Å². The van der Waals surface area contributed by atoms with Gasteiger partial charge in [-0.2, -0.15) is 0 Å². The molecule has 4 aromatic carbocycles. The van der Waals surface area contributed by atoms with Crippen LogP contribution in [0.2, 0.25) is 0 Å². The standard InChI is InChI=1S/C110H174N8O8/c1-7-13-17-21-25-29-33-37-41-45-49-53-57-61-65-89-81-97-99(83-91(89)67-63-59-55-51-47-43-39-35-31-27-23-19-15-9-3)107-115-105(97)111-103-95-71-69-93(125-87-123-79-77-121-75-73-119-11-5)85-101(95)110(113-103)118-108-100-84-92(68-64-60-56-52-48-44-40-36-32-28-24-20-16-10-4)90(66-62-58-54-50-46-42-38-34-30-26-22-18-14-8-2)82-98(100)106(116-108)112-104-96-72-70-94(86-102(96)109(114-104)117-107)126-88-124-80-78-122-76-74-120-12-6/h69-72,81-86H,7-68,73-80,87-88H2,1-6H3,(H2,111,112,113,114,115,116,117,118). The third-order valence-corrected chi connectivity index (χ3v) is 26.1. The molecule has 0 amide bonds. The van der Waals surface area contributed by atoms with Crippen LogP contribution < -0.4 is 9.47 Å². The molecule has 0 spiro atoms. The Morgan fingerprint density at radius 3 is 0.643 bits per heavy atom. The van der Waals surface area contributed by atoms with E-state index in [1.54, 1.807) is 0 Å².